The van der Waals surface area contributed by atoms with Gasteiger partial charge in [0, 0.05) is 12.3 Å². The summed E-state index contributed by atoms with van der Waals surface area (Å²) < 4.78 is 12.9. The first kappa shape index (κ1) is 14.4. The lowest BCUT2D eigenvalue weighted by Gasteiger charge is -2.28. The highest BCUT2D eigenvalue weighted by atomic mass is 19.1. The van der Waals surface area contributed by atoms with E-state index in [4.69, 9.17) is 0 Å². The summed E-state index contributed by atoms with van der Waals surface area (Å²) in [5.74, 6) is -2.75. The van der Waals surface area contributed by atoms with E-state index in [1.54, 1.807) is 0 Å². The maximum absolute atomic E-state index is 12.9. The second-order valence-corrected chi connectivity index (χ2v) is 5.35. The van der Waals surface area contributed by atoms with Crippen LogP contribution >= 0.6 is 0 Å². The van der Waals surface area contributed by atoms with E-state index in [1.165, 1.54) is 30.5 Å². The summed E-state index contributed by atoms with van der Waals surface area (Å²) in [4.78, 5) is 41.0. The fourth-order valence-corrected chi connectivity index (χ4v) is 2.12. The first-order chi connectivity index (χ1) is 10.5. The summed E-state index contributed by atoms with van der Waals surface area (Å²) in [5, 5.41) is 2.15. The largest absolute Gasteiger partial charge is 0.331 e. The molecule has 4 amide bonds. The minimum Gasteiger partial charge on any atom is -0.293 e. The fourth-order valence-electron chi connectivity index (χ4n) is 2.12. The van der Waals surface area contributed by atoms with Gasteiger partial charge in [0.2, 0.25) is 11.8 Å². The summed E-state index contributed by atoms with van der Waals surface area (Å²) in [7, 11) is 0. The van der Waals surface area contributed by atoms with Crippen molar-refractivity contribution in [2.75, 3.05) is 0 Å². The molecule has 7 heteroatoms. The van der Waals surface area contributed by atoms with Crippen LogP contribution in [0.5, 0.6) is 0 Å². The molecule has 1 N–H and O–H groups in total. The Morgan fingerprint density at radius 3 is 2.55 bits per heavy atom. The lowest BCUT2D eigenvalue weighted by Crippen LogP contribution is -2.57. The molecule has 2 fully saturated rings. The second kappa shape index (κ2) is 5.67. The van der Waals surface area contributed by atoms with Crippen LogP contribution in [-0.4, -0.2) is 35.0 Å². The Labute approximate surface area is 126 Å². The topological polar surface area (TPSA) is 78.8 Å². The molecule has 0 radical (unpaired) electrons. The number of halogens is 1. The Morgan fingerprint density at radius 1 is 1.23 bits per heavy atom. The standard InChI is InChI=1S/C15H14FN3O3/c16-10-3-1-9(2-4-10)8-19-14(21)12(7-17-11-5-6-11)13(20)18-15(19)22/h1-4,7,11-12H,5-6,8H2,(H,18,20,22)/t12-/m1/s1. The van der Waals surface area contributed by atoms with Gasteiger partial charge in [0.05, 0.1) is 6.54 Å². The van der Waals surface area contributed by atoms with Crippen LogP contribution in [0.15, 0.2) is 29.3 Å². The Kier molecular flexibility index (Phi) is 3.70. The van der Waals surface area contributed by atoms with Crippen LogP contribution in [0.25, 0.3) is 0 Å². The van der Waals surface area contributed by atoms with Gasteiger partial charge in [0.1, 0.15) is 5.82 Å². The van der Waals surface area contributed by atoms with E-state index < -0.39 is 29.6 Å². The highest BCUT2D eigenvalue weighted by Crippen LogP contribution is 2.23. The van der Waals surface area contributed by atoms with E-state index >= 15 is 0 Å². The monoisotopic (exact) mass is 303 g/mol. The number of hydrogen-bond acceptors (Lipinski definition) is 4. The number of aliphatic imine (C=N–C) groups is 1. The molecule has 6 nitrogen and oxygen atoms in total. The van der Waals surface area contributed by atoms with E-state index in [0.717, 1.165) is 17.7 Å². The van der Waals surface area contributed by atoms with Gasteiger partial charge in [-0.2, -0.15) is 0 Å². The van der Waals surface area contributed by atoms with Crippen molar-refractivity contribution in [1.82, 2.24) is 10.2 Å². The van der Waals surface area contributed by atoms with Gasteiger partial charge in [-0.1, -0.05) is 12.1 Å². The Bertz CT molecular complexity index is 653. The summed E-state index contributed by atoms with van der Waals surface area (Å²) in [6, 6.07) is 4.89. The molecule has 2 aliphatic rings. The molecule has 0 spiro atoms. The average molecular weight is 303 g/mol. The van der Waals surface area contributed by atoms with E-state index in [1.807, 2.05) is 0 Å². The number of rotatable bonds is 4. The van der Waals surface area contributed by atoms with Crippen LogP contribution in [0.2, 0.25) is 0 Å². The maximum atomic E-state index is 12.9. The summed E-state index contributed by atoms with van der Waals surface area (Å²) in [6.45, 7) is -0.0218. The fraction of sp³-hybridized carbons (Fsp3) is 0.333. The number of imide groups is 2. The number of benzene rings is 1. The minimum absolute atomic E-state index is 0.0218. The van der Waals surface area contributed by atoms with Gasteiger partial charge in [-0.15, -0.1) is 0 Å². The Morgan fingerprint density at radius 2 is 1.91 bits per heavy atom. The number of hydrogen-bond donors (Lipinski definition) is 1. The van der Waals surface area contributed by atoms with Gasteiger partial charge in [0.25, 0.3) is 0 Å². The first-order valence-electron chi connectivity index (χ1n) is 6.98. The molecule has 0 bridgehead atoms. The van der Waals surface area contributed by atoms with Crippen molar-refractivity contribution in [2.24, 2.45) is 10.9 Å². The molecule has 1 aromatic carbocycles. The number of nitrogens with one attached hydrogen (secondary N) is 1. The van der Waals surface area contributed by atoms with E-state index in [-0.39, 0.29) is 12.6 Å². The lowest BCUT2D eigenvalue weighted by molar-refractivity contribution is -0.139. The Hall–Kier alpha value is -2.57. The van der Waals surface area contributed by atoms with E-state index in [2.05, 4.69) is 10.3 Å². The lowest BCUT2D eigenvalue weighted by atomic mass is 10.1. The third-order valence-electron chi connectivity index (χ3n) is 3.54. The molecule has 1 aromatic rings. The average Bonchev–Trinajstić information content (AvgIpc) is 3.29. The van der Waals surface area contributed by atoms with Gasteiger partial charge >= 0.3 is 6.03 Å². The third-order valence-corrected chi connectivity index (χ3v) is 3.54. The number of carbonyl (C=O) groups excluding carboxylic acids is 3. The van der Waals surface area contributed by atoms with Crippen LogP contribution in [0.1, 0.15) is 18.4 Å². The summed E-state index contributed by atoms with van der Waals surface area (Å²) >= 11 is 0. The molecule has 0 aromatic heterocycles. The zero-order chi connectivity index (χ0) is 15.7. The molecule has 1 saturated heterocycles. The number of barbiturate groups is 1. The molecule has 1 atom stereocenters. The molecule has 114 valence electrons. The first-order valence-corrected chi connectivity index (χ1v) is 6.98. The molecule has 22 heavy (non-hydrogen) atoms. The van der Waals surface area contributed by atoms with Gasteiger partial charge in [-0.3, -0.25) is 24.8 Å². The van der Waals surface area contributed by atoms with Crippen molar-refractivity contribution in [3.63, 3.8) is 0 Å². The normalized spacial score (nSPS) is 22.3. The molecule has 3 rings (SSSR count). The number of urea groups is 1. The molecule has 1 saturated carbocycles. The van der Waals surface area contributed by atoms with Crippen molar-refractivity contribution >= 4 is 24.1 Å². The van der Waals surface area contributed by atoms with Gasteiger partial charge in [-0.05, 0) is 30.5 Å². The predicted octanol–water partition coefficient (Wildman–Crippen LogP) is 1.25. The zero-order valence-corrected chi connectivity index (χ0v) is 11.7. The molecular formula is C15H14FN3O3. The quantitative estimate of drug-likeness (QED) is 0.671. The van der Waals surface area contributed by atoms with E-state index in [0.29, 0.717) is 5.56 Å². The highest BCUT2D eigenvalue weighted by Gasteiger charge is 2.39. The SMILES string of the molecule is O=C1NC(=O)N(Cc2ccc(F)cc2)C(=O)[C@@H]1C=NC1CC1. The molecule has 1 heterocycles. The number of nitrogens with zero attached hydrogens (tertiary/aromatic N) is 2. The van der Waals surface area contributed by atoms with Gasteiger partial charge in [0.15, 0.2) is 5.92 Å². The van der Waals surface area contributed by atoms with Crippen LogP contribution in [0.4, 0.5) is 9.18 Å². The number of carbonyl (C=O) groups is 3. The van der Waals surface area contributed by atoms with Crippen molar-refractivity contribution in [3.05, 3.63) is 35.6 Å². The van der Waals surface area contributed by atoms with Crippen molar-refractivity contribution in [1.29, 1.82) is 0 Å². The minimum atomic E-state index is -1.08. The van der Waals surface area contributed by atoms with Crippen molar-refractivity contribution < 1.29 is 18.8 Å². The van der Waals surface area contributed by atoms with Crippen molar-refractivity contribution in [2.45, 2.75) is 25.4 Å². The third kappa shape index (κ3) is 3.03. The number of amides is 4. The van der Waals surface area contributed by atoms with Crippen molar-refractivity contribution in [3.8, 4) is 0 Å². The van der Waals surface area contributed by atoms with Gasteiger partial charge in [-0.25, -0.2) is 9.18 Å². The molecule has 1 aliphatic heterocycles. The van der Waals surface area contributed by atoms with Crippen LogP contribution in [0, 0.1) is 11.7 Å². The second-order valence-electron chi connectivity index (χ2n) is 5.35. The highest BCUT2D eigenvalue weighted by molar-refractivity contribution is 6.23. The van der Waals surface area contributed by atoms with Crippen LogP contribution in [0.3, 0.4) is 0 Å². The maximum Gasteiger partial charge on any atom is 0.331 e. The van der Waals surface area contributed by atoms with Gasteiger partial charge < -0.3 is 0 Å². The summed E-state index contributed by atoms with van der Waals surface area (Å²) in [5.41, 5.74) is 0.595. The molecule has 1 aliphatic carbocycles. The zero-order valence-electron chi connectivity index (χ0n) is 11.7. The van der Waals surface area contributed by atoms with Crippen LogP contribution < -0.4 is 5.32 Å². The smallest absolute Gasteiger partial charge is 0.293 e. The predicted molar refractivity (Wildman–Crippen MR) is 75.5 cm³/mol. The molecule has 0 unspecified atom stereocenters. The van der Waals surface area contributed by atoms with E-state index in [9.17, 15) is 18.8 Å². The Balaban J connectivity index is 1.76. The molecular weight excluding hydrogens is 289 g/mol. The summed E-state index contributed by atoms with van der Waals surface area (Å²) in [6.07, 6.45) is 3.23. The van der Waals surface area contributed by atoms with Crippen LogP contribution in [-0.2, 0) is 16.1 Å².